The third-order valence-corrected chi connectivity index (χ3v) is 4.67. The van der Waals surface area contributed by atoms with E-state index >= 15 is 0 Å². The topological polar surface area (TPSA) is 94.8 Å². The second-order valence-corrected chi connectivity index (χ2v) is 6.62. The summed E-state index contributed by atoms with van der Waals surface area (Å²) < 4.78 is 16.3. The first-order valence-electron chi connectivity index (χ1n) is 8.92. The highest BCUT2D eigenvalue weighted by molar-refractivity contribution is 5.97. The predicted octanol–water partition coefficient (Wildman–Crippen LogP) is 2.19. The molecule has 1 fully saturated rings. The van der Waals surface area contributed by atoms with Crippen LogP contribution in [0.5, 0.6) is 11.6 Å². The first-order valence-corrected chi connectivity index (χ1v) is 8.92. The van der Waals surface area contributed by atoms with Gasteiger partial charge in [0.15, 0.2) is 11.3 Å². The number of hydrogen-bond donors (Lipinski definition) is 0. The molecule has 1 aromatic carbocycles. The van der Waals surface area contributed by atoms with E-state index < -0.39 is 5.63 Å². The van der Waals surface area contributed by atoms with Gasteiger partial charge in [0.05, 0.1) is 19.3 Å². The van der Waals surface area contributed by atoms with Crippen molar-refractivity contribution in [2.45, 2.75) is 19.4 Å². The standard InChI is InChI=1S/C20H19N3O5/c1-12-6-7-17(22-21-12)27-14-8-9-23(11-14)19(24)15-10-13-4-3-5-16(26-2)18(13)28-20(15)25/h3-7,10,14H,8-9,11H2,1-2H3. The van der Waals surface area contributed by atoms with E-state index in [4.69, 9.17) is 13.9 Å². The molecule has 144 valence electrons. The lowest BCUT2D eigenvalue weighted by Gasteiger charge is -2.16. The summed E-state index contributed by atoms with van der Waals surface area (Å²) in [6.45, 7) is 2.69. The Bertz CT molecular complexity index is 1080. The van der Waals surface area contributed by atoms with Crippen LogP contribution in [0.25, 0.3) is 11.0 Å². The van der Waals surface area contributed by atoms with E-state index in [1.807, 2.05) is 13.0 Å². The molecule has 1 atom stereocenters. The molecule has 3 aromatic rings. The van der Waals surface area contributed by atoms with Crippen molar-refractivity contribution in [1.29, 1.82) is 0 Å². The molecule has 3 heterocycles. The monoisotopic (exact) mass is 381 g/mol. The number of likely N-dealkylation sites (tertiary alicyclic amines) is 1. The third-order valence-electron chi connectivity index (χ3n) is 4.67. The second kappa shape index (κ2) is 7.30. The van der Waals surface area contributed by atoms with Crippen LogP contribution in [0.2, 0.25) is 0 Å². The molecule has 0 spiro atoms. The second-order valence-electron chi connectivity index (χ2n) is 6.62. The molecule has 1 aliphatic heterocycles. The van der Waals surface area contributed by atoms with Crippen molar-refractivity contribution >= 4 is 16.9 Å². The molecule has 0 radical (unpaired) electrons. The minimum atomic E-state index is -0.684. The van der Waals surface area contributed by atoms with Gasteiger partial charge in [-0.15, -0.1) is 5.10 Å². The number of nitrogens with zero attached hydrogens (tertiary/aromatic N) is 3. The highest BCUT2D eigenvalue weighted by Crippen LogP contribution is 2.25. The number of rotatable bonds is 4. The summed E-state index contributed by atoms with van der Waals surface area (Å²) in [4.78, 5) is 26.8. The Morgan fingerprint density at radius 3 is 2.86 bits per heavy atom. The number of ether oxygens (including phenoxy) is 2. The normalized spacial score (nSPS) is 16.4. The van der Waals surface area contributed by atoms with Crippen LogP contribution in [0.15, 0.2) is 45.6 Å². The third kappa shape index (κ3) is 3.40. The molecule has 1 aliphatic rings. The van der Waals surface area contributed by atoms with Gasteiger partial charge >= 0.3 is 5.63 Å². The summed E-state index contributed by atoms with van der Waals surface area (Å²) in [6, 6.07) is 10.4. The number of para-hydroxylation sites is 1. The molecular weight excluding hydrogens is 362 g/mol. The minimum absolute atomic E-state index is 0.00321. The summed E-state index contributed by atoms with van der Waals surface area (Å²) in [6.07, 6.45) is 0.446. The molecule has 4 rings (SSSR count). The van der Waals surface area contributed by atoms with Gasteiger partial charge in [0.2, 0.25) is 5.88 Å². The minimum Gasteiger partial charge on any atom is -0.493 e. The Morgan fingerprint density at radius 1 is 1.25 bits per heavy atom. The van der Waals surface area contributed by atoms with Crippen molar-refractivity contribution in [3.8, 4) is 11.6 Å². The number of amides is 1. The summed E-state index contributed by atoms with van der Waals surface area (Å²) in [5.41, 5.74) is 0.440. The van der Waals surface area contributed by atoms with Gasteiger partial charge in [-0.2, -0.15) is 5.10 Å². The van der Waals surface area contributed by atoms with Gasteiger partial charge in [0, 0.05) is 24.4 Å². The van der Waals surface area contributed by atoms with Crippen LogP contribution < -0.4 is 15.1 Å². The average molecular weight is 381 g/mol. The highest BCUT2D eigenvalue weighted by atomic mass is 16.5. The van der Waals surface area contributed by atoms with E-state index in [9.17, 15) is 9.59 Å². The lowest BCUT2D eigenvalue weighted by Crippen LogP contribution is -2.33. The smallest absolute Gasteiger partial charge is 0.349 e. The van der Waals surface area contributed by atoms with Crippen molar-refractivity contribution in [3.63, 3.8) is 0 Å². The number of aromatic nitrogens is 2. The maximum atomic E-state index is 12.9. The van der Waals surface area contributed by atoms with E-state index in [0.29, 0.717) is 42.1 Å². The largest absolute Gasteiger partial charge is 0.493 e. The Hall–Kier alpha value is -3.42. The molecule has 8 heteroatoms. The number of carbonyl (C=O) groups is 1. The molecule has 1 saturated heterocycles. The van der Waals surface area contributed by atoms with Gasteiger partial charge in [-0.3, -0.25) is 4.79 Å². The quantitative estimate of drug-likeness (QED) is 0.639. The van der Waals surface area contributed by atoms with Gasteiger partial charge in [0.25, 0.3) is 5.91 Å². The summed E-state index contributed by atoms with van der Waals surface area (Å²) in [7, 11) is 1.50. The van der Waals surface area contributed by atoms with Crippen LogP contribution in [0.1, 0.15) is 22.5 Å². The molecular formula is C20H19N3O5. The van der Waals surface area contributed by atoms with Gasteiger partial charge in [-0.1, -0.05) is 12.1 Å². The first-order chi connectivity index (χ1) is 13.5. The molecule has 1 unspecified atom stereocenters. The van der Waals surface area contributed by atoms with Crippen LogP contribution in [-0.4, -0.2) is 47.3 Å². The van der Waals surface area contributed by atoms with Crippen molar-refractivity contribution in [2.75, 3.05) is 20.2 Å². The van der Waals surface area contributed by atoms with Crippen LogP contribution in [0, 0.1) is 6.92 Å². The maximum absolute atomic E-state index is 12.9. The van der Waals surface area contributed by atoms with E-state index in [1.165, 1.54) is 7.11 Å². The van der Waals surface area contributed by atoms with E-state index in [-0.39, 0.29) is 17.6 Å². The average Bonchev–Trinajstić information content (AvgIpc) is 3.17. The molecule has 1 amide bonds. The van der Waals surface area contributed by atoms with Crippen LogP contribution in [0.3, 0.4) is 0 Å². The fraction of sp³-hybridized carbons (Fsp3) is 0.300. The van der Waals surface area contributed by atoms with Gasteiger partial charge in [-0.25, -0.2) is 4.79 Å². The first kappa shape index (κ1) is 18.0. The number of benzene rings is 1. The van der Waals surface area contributed by atoms with Gasteiger partial charge in [0.1, 0.15) is 11.7 Å². The number of carbonyl (C=O) groups excluding carboxylic acids is 1. The van der Waals surface area contributed by atoms with Crippen molar-refractivity contribution in [2.24, 2.45) is 0 Å². The SMILES string of the molecule is COc1cccc2cc(C(=O)N3CCC(Oc4ccc(C)nn4)C3)c(=O)oc12. The molecule has 0 N–H and O–H groups in total. The van der Waals surface area contributed by atoms with Crippen molar-refractivity contribution in [3.05, 3.63) is 58.1 Å². The van der Waals surface area contributed by atoms with E-state index in [1.54, 1.807) is 35.2 Å². The van der Waals surface area contributed by atoms with Crippen LogP contribution in [-0.2, 0) is 0 Å². The fourth-order valence-electron chi connectivity index (χ4n) is 3.23. The van der Waals surface area contributed by atoms with Crippen LogP contribution in [0.4, 0.5) is 0 Å². The zero-order valence-corrected chi connectivity index (χ0v) is 15.5. The summed E-state index contributed by atoms with van der Waals surface area (Å²) in [5, 5.41) is 8.57. The van der Waals surface area contributed by atoms with Gasteiger partial charge < -0.3 is 18.8 Å². The highest BCUT2D eigenvalue weighted by Gasteiger charge is 2.30. The molecule has 0 aliphatic carbocycles. The fourth-order valence-corrected chi connectivity index (χ4v) is 3.23. The molecule has 0 bridgehead atoms. The zero-order chi connectivity index (χ0) is 19.7. The van der Waals surface area contributed by atoms with Crippen LogP contribution >= 0.6 is 0 Å². The van der Waals surface area contributed by atoms with Gasteiger partial charge in [-0.05, 0) is 25.1 Å². The van der Waals surface area contributed by atoms with E-state index in [0.717, 1.165) is 5.69 Å². The maximum Gasteiger partial charge on any atom is 0.349 e. The number of aryl methyl sites for hydroxylation is 1. The van der Waals surface area contributed by atoms with E-state index in [2.05, 4.69) is 10.2 Å². The predicted molar refractivity (Wildman–Crippen MR) is 101 cm³/mol. The Balaban J connectivity index is 1.52. The molecule has 0 saturated carbocycles. The molecule has 2 aromatic heterocycles. The number of methoxy groups -OCH3 is 1. The zero-order valence-electron chi connectivity index (χ0n) is 15.5. The summed E-state index contributed by atoms with van der Waals surface area (Å²) >= 11 is 0. The number of hydrogen-bond acceptors (Lipinski definition) is 7. The number of fused-ring (bicyclic) bond motifs is 1. The Labute approximate surface area is 160 Å². The summed E-state index contributed by atoms with van der Waals surface area (Å²) in [5.74, 6) is 0.490. The lowest BCUT2D eigenvalue weighted by molar-refractivity contribution is 0.0767. The Morgan fingerprint density at radius 2 is 2.11 bits per heavy atom. The molecule has 28 heavy (non-hydrogen) atoms. The van der Waals surface area contributed by atoms with Crippen molar-refractivity contribution in [1.82, 2.24) is 15.1 Å². The lowest BCUT2D eigenvalue weighted by atomic mass is 10.1. The van der Waals surface area contributed by atoms with Crippen molar-refractivity contribution < 1.29 is 18.7 Å². The Kier molecular flexibility index (Phi) is 4.68. The molecule has 8 nitrogen and oxygen atoms in total.